The zero-order chi connectivity index (χ0) is 20.5. The van der Waals surface area contributed by atoms with E-state index in [1.807, 2.05) is 24.3 Å². The van der Waals surface area contributed by atoms with E-state index in [1.54, 1.807) is 24.3 Å². The maximum atomic E-state index is 11.3. The van der Waals surface area contributed by atoms with Gasteiger partial charge >= 0.3 is 0 Å². The predicted octanol–water partition coefficient (Wildman–Crippen LogP) is 4.15. The maximum Gasteiger partial charge on any atom is 0.236 e. The molecule has 0 spiro atoms. The first kappa shape index (κ1) is 21.6. The topological polar surface area (TPSA) is 82.9 Å². The molecule has 2 rings (SSSR count). The first-order valence-electron chi connectivity index (χ1n) is 8.53. The lowest BCUT2D eigenvalue weighted by Gasteiger charge is -2.10. The molecule has 0 atom stereocenters. The Morgan fingerprint density at radius 2 is 1.04 bits per heavy atom. The number of carbonyl (C=O) groups is 2. The van der Waals surface area contributed by atoms with Gasteiger partial charge in [0.2, 0.25) is 11.8 Å². The summed E-state index contributed by atoms with van der Waals surface area (Å²) >= 11 is 11.9. The molecule has 0 saturated heterocycles. The highest BCUT2D eigenvalue weighted by molar-refractivity contribution is 6.31. The zero-order valence-corrected chi connectivity index (χ0v) is 17.0. The van der Waals surface area contributed by atoms with Crippen LogP contribution in [-0.4, -0.2) is 23.2 Å². The van der Waals surface area contributed by atoms with Crippen LogP contribution >= 0.6 is 23.2 Å². The molecule has 2 amide bonds. The molecule has 6 nitrogen and oxygen atoms in total. The Balaban J connectivity index is 2.26. The molecule has 28 heavy (non-hydrogen) atoms. The highest BCUT2D eigenvalue weighted by Gasteiger charge is 2.10. The molecular weight excluding hydrogens is 399 g/mol. The molecule has 0 aromatic heterocycles. The molecule has 146 valence electrons. The number of halogens is 2. The minimum absolute atomic E-state index is 0.267. The normalized spacial score (nSPS) is 11.9. The van der Waals surface area contributed by atoms with Gasteiger partial charge in [0.15, 0.2) is 0 Å². The molecule has 0 unspecified atom stereocenters. The second kappa shape index (κ2) is 10.6. The Hall–Kier alpha value is -2.70. The summed E-state index contributed by atoms with van der Waals surface area (Å²) in [6.45, 7) is 2.78. The smallest absolute Gasteiger partial charge is 0.236 e. The molecule has 0 aliphatic heterocycles. The Morgan fingerprint density at radius 3 is 1.32 bits per heavy atom. The molecule has 0 aliphatic rings. The fraction of sp³-hybridized carbons (Fsp3) is 0.200. The average Bonchev–Trinajstić information content (AvgIpc) is 2.65. The molecule has 2 aromatic carbocycles. The summed E-state index contributed by atoms with van der Waals surface area (Å²) in [7, 11) is 0. The Bertz CT molecular complexity index is 816. The number of nitrogens with zero attached hydrogens (tertiary/aromatic N) is 2. The van der Waals surface area contributed by atoms with Crippen LogP contribution in [0.1, 0.15) is 37.8 Å². The lowest BCUT2D eigenvalue weighted by Crippen LogP contribution is -2.19. The number of benzene rings is 2. The van der Waals surface area contributed by atoms with Gasteiger partial charge in [-0.15, -0.1) is 0 Å². The summed E-state index contributed by atoms with van der Waals surface area (Å²) in [4.78, 5) is 22.6. The fourth-order valence-corrected chi connectivity index (χ4v) is 2.60. The van der Waals surface area contributed by atoms with Gasteiger partial charge in [-0.2, -0.15) is 10.2 Å². The largest absolute Gasteiger partial charge is 0.274 e. The first-order valence-corrected chi connectivity index (χ1v) is 9.29. The third-order valence-corrected chi connectivity index (χ3v) is 4.15. The molecule has 8 heteroatoms. The van der Waals surface area contributed by atoms with Gasteiger partial charge in [0, 0.05) is 23.9 Å². The summed E-state index contributed by atoms with van der Waals surface area (Å²) in [5.74, 6) is -0.535. The van der Waals surface area contributed by atoms with Gasteiger partial charge in [-0.25, -0.2) is 10.9 Å². The van der Waals surface area contributed by atoms with E-state index < -0.39 is 0 Å². The minimum atomic E-state index is -0.267. The van der Waals surface area contributed by atoms with E-state index in [0.717, 1.165) is 11.1 Å². The van der Waals surface area contributed by atoms with Crippen molar-refractivity contribution < 1.29 is 9.59 Å². The van der Waals surface area contributed by atoms with E-state index in [-0.39, 0.29) is 11.8 Å². The third kappa shape index (κ3) is 7.13. The lowest BCUT2D eigenvalue weighted by atomic mass is 10.0. The highest BCUT2D eigenvalue weighted by atomic mass is 35.5. The van der Waals surface area contributed by atoms with Crippen LogP contribution in [0.15, 0.2) is 58.7 Å². The number of hydrazone groups is 2. The molecular formula is C20H20Cl2N4O2. The third-order valence-electron chi connectivity index (χ3n) is 3.65. The monoisotopic (exact) mass is 418 g/mol. The van der Waals surface area contributed by atoms with Gasteiger partial charge in [0.1, 0.15) is 0 Å². The van der Waals surface area contributed by atoms with Crippen molar-refractivity contribution in [2.24, 2.45) is 10.2 Å². The Morgan fingerprint density at radius 1 is 0.714 bits per heavy atom. The van der Waals surface area contributed by atoms with Gasteiger partial charge in [-0.1, -0.05) is 47.5 Å². The van der Waals surface area contributed by atoms with Crippen molar-refractivity contribution in [1.29, 1.82) is 0 Å². The standard InChI is InChI=1S/C20H20Cl2N4O2/c1-13(27)23-25-19(15-3-7-17(21)8-4-15)11-12-20(26-24-14(2)28)16-5-9-18(22)10-6-16/h3-10H,11-12H2,1-2H3,(H,23,27)(H,24,28)/b25-19-,26-20-. The SMILES string of the molecule is CC(=O)N/N=C(/CC/C(=N/NC(C)=O)c1ccc(Cl)cc1)c1ccc(Cl)cc1. The second-order valence-electron chi connectivity index (χ2n) is 5.97. The number of nitrogens with one attached hydrogen (secondary N) is 2. The minimum Gasteiger partial charge on any atom is -0.274 e. The number of amides is 2. The van der Waals surface area contributed by atoms with E-state index in [0.29, 0.717) is 34.3 Å². The summed E-state index contributed by atoms with van der Waals surface area (Å²) in [6.07, 6.45) is 0.950. The van der Waals surface area contributed by atoms with Crippen LogP contribution in [0.4, 0.5) is 0 Å². The number of rotatable bonds is 7. The van der Waals surface area contributed by atoms with Crippen molar-refractivity contribution in [2.75, 3.05) is 0 Å². The Kier molecular flexibility index (Phi) is 8.17. The fourth-order valence-electron chi connectivity index (χ4n) is 2.34. The van der Waals surface area contributed by atoms with E-state index in [2.05, 4.69) is 21.1 Å². The zero-order valence-electron chi connectivity index (χ0n) is 15.5. The summed E-state index contributed by atoms with van der Waals surface area (Å²) < 4.78 is 0. The van der Waals surface area contributed by atoms with Crippen molar-refractivity contribution in [1.82, 2.24) is 10.9 Å². The molecule has 0 fully saturated rings. The van der Waals surface area contributed by atoms with Crippen LogP contribution in [0.5, 0.6) is 0 Å². The molecule has 2 aromatic rings. The van der Waals surface area contributed by atoms with Crippen LogP contribution < -0.4 is 10.9 Å². The average molecular weight is 419 g/mol. The van der Waals surface area contributed by atoms with Crippen molar-refractivity contribution in [3.8, 4) is 0 Å². The van der Waals surface area contributed by atoms with Crippen molar-refractivity contribution in [3.63, 3.8) is 0 Å². The second-order valence-corrected chi connectivity index (χ2v) is 6.84. The van der Waals surface area contributed by atoms with Gasteiger partial charge in [-0.05, 0) is 48.2 Å². The number of hydrogen-bond acceptors (Lipinski definition) is 4. The van der Waals surface area contributed by atoms with Gasteiger partial charge in [0.05, 0.1) is 11.4 Å². The molecule has 2 N–H and O–H groups in total. The molecule has 0 heterocycles. The van der Waals surface area contributed by atoms with Crippen molar-refractivity contribution in [3.05, 3.63) is 69.7 Å². The summed E-state index contributed by atoms with van der Waals surface area (Å²) in [5, 5.41) is 9.63. The molecule has 0 aliphatic carbocycles. The van der Waals surface area contributed by atoms with Gasteiger partial charge in [-0.3, -0.25) is 9.59 Å². The van der Waals surface area contributed by atoms with Crippen LogP contribution in [-0.2, 0) is 9.59 Å². The molecule has 0 radical (unpaired) electrons. The van der Waals surface area contributed by atoms with Crippen LogP contribution in [0.3, 0.4) is 0 Å². The van der Waals surface area contributed by atoms with Crippen molar-refractivity contribution >= 4 is 46.4 Å². The predicted molar refractivity (Wildman–Crippen MR) is 113 cm³/mol. The van der Waals surface area contributed by atoms with Gasteiger partial charge in [0.25, 0.3) is 0 Å². The summed E-state index contributed by atoms with van der Waals surface area (Å²) in [6, 6.07) is 14.3. The first-order chi connectivity index (χ1) is 13.3. The van der Waals surface area contributed by atoms with E-state index in [4.69, 9.17) is 23.2 Å². The highest BCUT2D eigenvalue weighted by Crippen LogP contribution is 2.16. The van der Waals surface area contributed by atoms with Crippen LogP contribution in [0.2, 0.25) is 10.0 Å². The number of carbonyl (C=O) groups excluding carboxylic acids is 2. The lowest BCUT2D eigenvalue weighted by molar-refractivity contribution is -0.119. The Labute approximate surface area is 173 Å². The van der Waals surface area contributed by atoms with E-state index >= 15 is 0 Å². The van der Waals surface area contributed by atoms with Crippen LogP contribution in [0.25, 0.3) is 0 Å². The summed E-state index contributed by atoms with van der Waals surface area (Å²) in [5.41, 5.74) is 7.92. The van der Waals surface area contributed by atoms with Crippen molar-refractivity contribution in [2.45, 2.75) is 26.7 Å². The quantitative estimate of drug-likeness (QED) is 0.522. The molecule has 0 bridgehead atoms. The van der Waals surface area contributed by atoms with Crippen LogP contribution in [0, 0.1) is 0 Å². The van der Waals surface area contributed by atoms with E-state index in [9.17, 15) is 9.59 Å². The molecule has 0 saturated carbocycles. The van der Waals surface area contributed by atoms with E-state index in [1.165, 1.54) is 13.8 Å². The maximum absolute atomic E-state index is 11.3. The van der Waals surface area contributed by atoms with Gasteiger partial charge < -0.3 is 0 Å². The number of hydrogen-bond donors (Lipinski definition) is 2.